The van der Waals surface area contributed by atoms with E-state index in [0.717, 1.165) is 6.42 Å². The van der Waals surface area contributed by atoms with E-state index in [2.05, 4.69) is 6.92 Å². The van der Waals surface area contributed by atoms with Crippen LogP contribution in [0.2, 0.25) is 0 Å². The quantitative estimate of drug-likeness (QED) is 0.613. The van der Waals surface area contributed by atoms with Crippen molar-refractivity contribution in [2.75, 3.05) is 5.88 Å². The Bertz CT molecular complexity index is 103. The molecule has 0 aliphatic heterocycles. The Morgan fingerprint density at radius 1 is 1.33 bits per heavy atom. The first kappa shape index (κ1) is 15.1. The Morgan fingerprint density at radius 2 is 1.83 bits per heavy atom. The molecule has 0 aliphatic carbocycles. The van der Waals surface area contributed by atoms with Gasteiger partial charge in [0, 0.05) is 16.3 Å². The molecular formula is C9H17Cl3. The van der Waals surface area contributed by atoms with Crippen molar-refractivity contribution in [3.05, 3.63) is 11.6 Å². The highest BCUT2D eigenvalue weighted by atomic mass is 35.5. The highest BCUT2D eigenvalue weighted by Crippen LogP contribution is 2.18. The maximum absolute atomic E-state index is 5.83. The SMILES string of the molecule is CCCC(C)(C)Cl.ClC=CCCl. The molecule has 0 aliphatic rings. The van der Waals surface area contributed by atoms with Crippen molar-refractivity contribution in [3.8, 4) is 0 Å². The lowest BCUT2D eigenvalue weighted by atomic mass is 10.1. The van der Waals surface area contributed by atoms with Gasteiger partial charge in [-0.25, -0.2) is 0 Å². The lowest BCUT2D eigenvalue weighted by Crippen LogP contribution is -2.07. The third-order valence-electron chi connectivity index (χ3n) is 1.02. The van der Waals surface area contributed by atoms with E-state index in [1.54, 1.807) is 6.08 Å². The van der Waals surface area contributed by atoms with Crippen LogP contribution in [0.3, 0.4) is 0 Å². The Morgan fingerprint density at radius 3 is 1.83 bits per heavy atom. The van der Waals surface area contributed by atoms with Crippen LogP contribution in [0.15, 0.2) is 11.6 Å². The van der Waals surface area contributed by atoms with Gasteiger partial charge in [-0.1, -0.05) is 31.0 Å². The number of hydrogen-bond donors (Lipinski definition) is 0. The summed E-state index contributed by atoms with van der Waals surface area (Å²) < 4.78 is 0. The van der Waals surface area contributed by atoms with Crippen LogP contribution < -0.4 is 0 Å². The minimum Gasteiger partial charge on any atom is -0.122 e. The summed E-state index contributed by atoms with van der Waals surface area (Å²) in [5.74, 6) is 0.503. The van der Waals surface area contributed by atoms with Crippen molar-refractivity contribution in [2.24, 2.45) is 0 Å². The first-order chi connectivity index (χ1) is 5.47. The Kier molecular flexibility index (Phi) is 12.2. The van der Waals surface area contributed by atoms with Gasteiger partial charge in [0.05, 0.1) is 0 Å². The molecule has 3 heteroatoms. The van der Waals surface area contributed by atoms with E-state index >= 15 is 0 Å². The molecule has 74 valence electrons. The fourth-order valence-corrected chi connectivity index (χ4v) is 1.09. The zero-order valence-corrected chi connectivity index (χ0v) is 10.2. The van der Waals surface area contributed by atoms with Crippen LogP contribution in [0.5, 0.6) is 0 Å². The fourth-order valence-electron chi connectivity index (χ4n) is 0.628. The largest absolute Gasteiger partial charge is 0.122 e. The normalized spacial score (nSPS) is 11.2. The van der Waals surface area contributed by atoms with Gasteiger partial charge in [-0.05, 0) is 20.3 Å². The van der Waals surface area contributed by atoms with E-state index in [-0.39, 0.29) is 4.87 Å². The van der Waals surface area contributed by atoms with Crippen LogP contribution in [-0.2, 0) is 0 Å². The van der Waals surface area contributed by atoms with Crippen LogP contribution in [0.1, 0.15) is 33.6 Å². The van der Waals surface area contributed by atoms with Crippen LogP contribution in [0.4, 0.5) is 0 Å². The van der Waals surface area contributed by atoms with Gasteiger partial charge in [0.2, 0.25) is 0 Å². The minimum absolute atomic E-state index is 0.0226. The third kappa shape index (κ3) is 22.4. The number of hydrogen-bond acceptors (Lipinski definition) is 0. The number of allylic oxidation sites excluding steroid dienone is 1. The second-order valence-electron chi connectivity index (χ2n) is 2.98. The molecule has 0 N–H and O–H groups in total. The lowest BCUT2D eigenvalue weighted by molar-refractivity contribution is 0.615. The first-order valence-electron chi connectivity index (χ1n) is 3.98. The van der Waals surface area contributed by atoms with E-state index in [1.807, 2.05) is 13.8 Å². The van der Waals surface area contributed by atoms with E-state index in [1.165, 1.54) is 12.0 Å². The molecule has 0 amide bonds. The summed E-state index contributed by atoms with van der Waals surface area (Å²) >= 11 is 16.0. The second-order valence-corrected chi connectivity index (χ2v) is 4.57. The summed E-state index contributed by atoms with van der Waals surface area (Å²) in [6.45, 7) is 6.22. The van der Waals surface area contributed by atoms with Gasteiger partial charge in [-0.3, -0.25) is 0 Å². The van der Waals surface area contributed by atoms with Gasteiger partial charge in [0.1, 0.15) is 0 Å². The van der Waals surface area contributed by atoms with Crippen molar-refractivity contribution >= 4 is 34.8 Å². The molecule has 0 saturated carbocycles. The van der Waals surface area contributed by atoms with Gasteiger partial charge in [-0.15, -0.1) is 23.2 Å². The average molecular weight is 232 g/mol. The molecule has 0 aromatic rings. The summed E-state index contributed by atoms with van der Waals surface area (Å²) in [4.78, 5) is 0.0226. The van der Waals surface area contributed by atoms with Crippen molar-refractivity contribution < 1.29 is 0 Å². The lowest BCUT2D eigenvalue weighted by Gasteiger charge is -2.12. The monoisotopic (exact) mass is 230 g/mol. The predicted octanol–water partition coefficient (Wildman–Crippen LogP) is 4.78. The Labute approximate surface area is 90.9 Å². The summed E-state index contributed by atoms with van der Waals surface area (Å²) in [6, 6.07) is 0. The van der Waals surface area contributed by atoms with E-state index in [0.29, 0.717) is 5.88 Å². The van der Waals surface area contributed by atoms with Gasteiger partial charge in [0.25, 0.3) is 0 Å². The molecule has 0 heterocycles. The molecule has 0 atom stereocenters. The van der Waals surface area contributed by atoms with Gasteiger partial charge < -0.3 is 0 Å². The molecule has 0 bridgehead atoms. The first-order valence-corrected chi connectivity index (χ1v) is 5.33. The van der Waals surface area contributed by atoms with Gasteiger partial charge in [-0.2, -0.15) is 0 Å². The molecule has 0 aromatic carbocycles. The van der Waals surface area contributed by atoms with Crippen molar-refractivity contribution in [1.82, 2.24) is 0 Å². The molecule has 0 rings (SSSR count). The van der Waals surface area contributed by atoms with Crippen LogP contribution in [-0.4, -0.2) is 10.8 Å². The van der Waals surface area contributed by atoms with Crippen LogP contribution in [0, 0.1) is 0 Å². The van der Waals surface area contributed by atoms with Crippen molar-refractivity contribution in [1.29, 1.82) is 0 Å². The second kappa shape index (κ2) is 9.70. The Hall–Kier alpha value is 0.610. The summed E-state index contributed by atoms with van der Waals surface area (Å²) in [5.41, 5.74) is 1.40. The predicted molar refractivity (Wildman–Crippen MR) is 60.6 cm³/mol. The molecule has 0 saturated heterocycles. The van der Waals surface area contributed by atoms with Gasteiger partial charge in [0.15, 0.2) is 0 Å². The van der Waals surface area contributed by atoms with Gasteiger partial charge >= 0.3 is 0 Å². The number of alkyl halides is 2. The molecule has 0 radical (unpaired) electrons. The molecule has 12 heavy (non-hydrogen) atoms. The minimum atomic E-state index is 0.0226. The highest BCUT2D eigenvalue weighted by molar-refractivity contribution is 6.26. The van der Waals surface area contributed by atoms with E-state index in [4.69, 9.17) is 34.8 Å². The van der Waals surface area contributed by atoms with E-state index < -0.39 is 0 Å². The summed E-state index contributed by atoms with van der Waals surface area (Å²) in [5, 5.41) is 0. The molecule has 0 unspecified atom stereocenters. The standard InChI is InChI=1S/C6H13Cl.C3H4Cl2/c1-4-5-6(2,3)7;4-2-1-3-5/h4-5H2,1-3H3;1-2H,3H2. The zero-order chi connectivity index (χ0) is 10.0. The maximum atomic E-state index is 5.83. The number of rotatable bonds is 3. The third-order valence-corrected chi connectivity index (χ3v) is 1.57. The molecule has 0 aromatic heterocycles. The smallest absolute Gasteiger partial charge is 0.0415 e. The molecule has 0 nitrogen and oxygen atoms in total. The van der Waals surface area contributed by atoms with Crippen LogP contribution in [0.25, 0.3) is 0 Å². The zero-order valence-electron chi connectivity index (χ0n) is 7.91. The average Bonchev–Trinajstić information content (AvgIpc) is 1.87. The molecule has 0 fully saturated rings. The maximum Gasteiger partial charge on any atom is 0.0415 e. The fraction of sp³-hybridized carbons (Fsp3) is 0.778. The van der Waals surface area contributed by atoms with Crippen LogP contribution >= 0.6 is 34.8 Å². The van der Waals surface area contributed by atoms with E-state index in [9.17, 15) is 0 Å². The highest BCUT2D eigenvalue weighted by Gasteiger charge is 2.09. The topological polar surface area (TPSA) is 0 Å². The summed E-state index contributed by atoms with van der Waals surface area (Å²) in [6.07, 6.45) is 3.94. The van der Waals surface area contributed by atoms with Crippen molar-refractivity contribution in [2.45, 2.75) is 38.5 Å². The molecular weight excluding hydrogens is 214 g/mol. The Balaban J connectivity index is 0. The molecule has 0 spiro atoms. The van der Waals surface area contributed by atoms with Crippen molar-refractivity contribution in [3.63, 3.8) is 0 Å². The number of halogens is 3. The summed E-state index contributed by atoms with van der Waals surface area (Å²) in [7, 11) is 0.